The van der Waals surface area contributed by atoms with Gasteiger partial charge >= 0.3 is 0 Å². The van der Waals surface area contributed by atoms with Crippen molar-refractivity contribution in [3.8, 4) is 5.75 Å². The molecule has 0 fully saturated rings. The highest BCUT2D eigenvalue weighted by atomic mass is 79.9. The zero-order chi connectivity index (χ0) is 10.6. The summed E-state index contributed by atoms with van der Waals surface area (Å²) in [6.45, 7) is 1.52. The molecule has 2 nitrogen and oxygen atoms in total. The molecule has 0 saturated heterocycles. The molecular weight excluding hydrogens is 244 g/mol. The van der Waals surface area contributed by atoms with E-state index in [1.54, 1.807) is 13.2 Å². The van der Waals surface area contributed by atoms with Crippen LogP contribution in [0.3, 0.4) is 0 Å². The van der Waals surface area contributed by atoms with Crippen molar-refractivity contribution in [3.05, 3.63) is 34.3 Å². The Morgan fingerprint density at radius 1 is 1.50 bits per heavy atom. The summed E-state index contributed by atoms with van der Waals surface area (Å²) in [7, 11) is 1.62. The molecule has 1 aromatic carbocycles. The number of ether oxygens (including phenoxy) is 1. The van der Waals surface area contributed by atoms with E-state index in [-0.39, 0.29) is 5.78 Å². The van der Waals surface area contributed by atoms with Crippen LogP contribution in [0.15, 0.2) is 28.7 Å². The summed E-state index contributed by atoms with van der Waals surface area (Å²) < 4.78 is 5.97. The van der Waals surface area contributed by atoms with Crippen molar-refractivity contribution in [3.63, 3.8) is 0 Å². The third-order valence-corrected chi connectivity index (χ3v) is 2.31. The van der Waals surface area contributed by atoms with Gasteiger partial charge in [-0.2, -0.15) is 0 Å². The Morgan fingerprint density at radius 2 is 2.21 bits per heavy atom. The minimum Gasteiger partial charge on any atom is -0.496 e. The number of benzene rings is 1. The number of hydrogen-bond acceptors (Lipinski definition) is 2. The lowest BCUT2D eigenvalue weighted by Crippen LogP contribution is -1.85. The summed E-state index contributed by atoms with van der Waals surface area (Å²) in [5, 5.41) is 0. The maximum Gasteiger partial charge on any atom is 0.152 e. The van der Waals surface area contributed by atoms with Crippen LogP contribution in [0.4, 0.5) is 0 Å². The number of carbonyl (C=O) groups excluding carboxylic acids is 1. The largest absolute Gasteiger partial charge is 0.496 e. The standard InChI is InChI=1S/C11H11BrO2/c1-8(13)3-4-9-5-6-11(14-2)10(12)7-9/h3-7H,1-2H3. The molecule has 0 spiro atoms. The van der Waals surface area contributed by atoms with E-state index < -0.39 is 0 Å². The average Bonchev–Trinajstić information content (AvgIpc) is 2.15. The Balaban J connectivity index is 2.91. The zero-order valence-corrected chi connectivity index (χ0v) is 9.67. The van der Waals surface area contributed by atoms with Crippen LogP contribution in [0.5, 0.6) is 5.75 Å². The summed E-state index contributed by atoms with van der Waals surface area (Å²) in [6, 6.07) is 5.64. The zero-order valence-electron chi connectivity index (χ0n) is 8.08. The van der Waals surface area contributed by atoms with Gasteiger partial charge in [-0.1, -0.05) is 12.1 Å². The van der Waals surface area contributed by atoms with E-state index in [4.69, 9.17) is 4.74 Å². The second kappa shape index (κ2) is 4.96. The molecule has 0 aliphatic rings. The Bertz CT molecular complexity index is 370. The summed E-state index contributed by atoms with van der Waals surface area (Å²) in [5.74, 6) is 0.821. The molecule has 0 saturated carbocycles. The maximum atomic E-state index is 10.7. The molecule has 0 atom stereocenters. The number of methoxy groups -OCH3 is 1. The van der Waals surface area contributed by atoms with Crippen LogP contribution in [0.2, 0.25) is 0 Å². The van der Waals surface area contributed by atoms with Gasteiger partial charge in [0.2, 0.25) is 0 Å². The van der Waals surface area contributed by atoms with Gasteiger partial charge in [-0.3, -0.25) is 4.79 Å². The second-order valence-electron chi connectivity index (χ2n) is 2.84. The van der Waals surface area contributed by atoms with E-state index in [0.717, 1.165) is 15.8 Å². The lowest BCUT2D eigenvalue weighted by Gasteiger charge is -2.02. The van der Waals surface area contributed by atoms with Crippen LogP contribution in [0.1, 0.15) is 12.5 Å². The molecule has 0 N–H and O–H groups in total. The Hall–Kier alpha value is -1.09. The number of carbonyl (C=O) groups is 1. The smallest absolute Gasteiger partial charge is 0.152 e. The number of halogens is 1. The number of hydrogen-bond donors (Lipinski definition) is 0. The van der Waals surface area contributed by atoms with Gasteiger partial charge in [0, 0.05) is 0 Å². The molecule has 0 unspecified atom stereocenters. The molecule has 74 valence electrons. The molecule has 0 radical (unpaired) electrons. The SMILES string of the molecule is COc1ccc(C=CC(C)=O)cc1Br. The quantitative estimate of drug-likeness (QED) is 0.776. The first-order chi connectivity index (χ1) is 6.63. The van der Waals surface area contributed by atoms with Crippen molar-refractivity contribution in [2.45, 2.75) is 6.92 Å². The third-order valence-electron chi connectivity index (χ3n) is 1.69. The van der Waals surface area contributed by atoms with Crippen LogP contribution < -0.4 is 4.74 Å². The van der Waals surface area contributed by atoms with Crippen molar-refractivity contribution in [1.82, 2.24) is 0 Å². The van der Waals surface area contributed by atoms with Crippen molar-refractivity contribution in [1.29, 1.82) is 0 Å². The van der Waals surface area contributed by atoms with Gasteiger partial charge in [-0.25, -0.2) is 0 Å². The van der Waals surface area contributed by atoms with Crippen LogP contribution >= 0.6 is 15.9 Å². The van der Waals surface area contributed by atoms with Gasteiger partial charge in [0.05, 0.1) is 11.6 Å². The van der Waals surface area contributed by atoms with E-state index in [9.17, 15) is 4.79 Å². The van der Waals surface area contributed by atoms with Crippen LogP contribution in [0.25, 0.3) is 6.08 Å². The highest BCUT2D eigenvalue weighted by Gasteiger charge is 1.98. The molecular formula is C11H11BrO2. The van der Waals surface area contributed by atoms with Gasteiger partial charge < -0.3 is 4.74 Å². The number of allylic oxidation sites excluding steroid dienone is 1. The summed E-state index contributed by atoms with van der Waals surface area (Å²) in [4.78, 5) is 10.7. The summed E-state index contributed by atoms with van der Waals surface area (Å²) >= 11 is 3.37. The Kier molecular flexibility index (Phi) is 3.89. The van der Waals surface area contributed by atoms with E-state index in [2.05, 4.69) is 15.9 Å². The summed E-state index contributed by atoms with van der Waals surface area (Å²) in [5.41, 5.74) is 0.966. The summed E-state index contributed by atoms with van der Waals surface area (Å²) in [6.07, 6.45) is 3.31. The minimum absolute atomic E-state index is 0.0388. The number of ketones is 1. The lowest BCUT2D eigenvalue weighted by atomic mass is 10.2. The number of rotatable bonds is 3. The van der Waals surface area contributed by atoms with Gasteiger partial charge in [0.15, 0.2) is 5.78 Å². The van der Waals surface area contributed by atoms with E-state index in [1.165, 1.54) is 13.0 Å². The average molecular weight is 255 g/mol. The molecule has 14 heavy (non-hydrogen) atoms. The van der Waals surface area contributed by atoms with Crippen molar-refractivity contribution in [2.75, 3.05) is 7.11 Å². The van der Waals surface area contributed by atoms with Crippen molar-refractivity contribution in [2.24, 2.45) is 0 Å². The second-order valence-corrected chi connectivity index (χ2v) is 3.69. The van der Waals surface area contributed by atoms with Crippen LogP contribution in [-0.2, 0) is 4.79 Å². The highest BCUT2D eigenvalue weighted by molar-refractivity contribution is 9.10. The van der Waals surface area contributed by atoms with Gasteiger partial charge in [0.1, 0.15) is 5.75 Å². The molecule has 0 aliphatic heterocycles. The predicted molar refractivity (Wildman–Crippen MR) is 60.4 cm³/mol. The fourth-order valence-electron chi connectivity index (χ4n) is 1.000. The first-order valence-electron chi connectivity index (χ1n) is 4.15. The Labute approximate surface area is 91.7 Å². The van der Waals surface area contributed by atoms with Gasteiger partial charge in [-0.05, 0) is 46.6 Å². The third kappa shape index (κ3) is 3.00. The normalized spacial score (nSPS) is 10.5. The molecule has 1 rings (SSSR count). The molecule has 0 heterocycles. The molecule has 1 aromatic rings. The molecule has 0 bridgehead atoms. The molecule has 0 aliphatic carbocycles. The maximum absolute atomic E-state index is 10.7. The molecule has 3 heteroatoms. The van der Waals surface area contributed by atoms with E-state index >= 15 is 0 Å². The van der Waals surface area contributed by atoms with Crippen LogP contribution in [0, 0.1) is 0 Å². The van der Waals surface area contributed by atoms with E-state index in [1.807, 2.05) is 18.2 Å². The lowest BCUT2D eigenvalue weighted by molar-refractivity contribution is -0.112. The first-order valence-corrected chi connectivity index (χ1v) is 4.95. The fourth-order valence-corrected chi connectivity index (χ4v) is 1.56. The topological polar surface area (TPSA) is 26.3 Å². The van der Waals surface area contributed by atoms with Gasteiger partial charge in [0.25, 0.3) is 0 Å². The predicted octanol–water partition coefficient (Wildman–Crippen LogP) is 3.06. The Morgan fingerprint density at radius 3 is 2.71 bits per heavy atom. The molecule has 0 aromatic heterocycles. The van der Waals surface area contributed by atoms with Gasteiger partial charge in [-0.15, -0.1) is 0 Å². The van der Waals surface area contributed by atoms with E-state index in [0.29, 0.717) is 0 Å². The van der Waals surface area contributed by atoms with Crippen molar-refractivity contribution < 1.29 is 9.53 Å². The highest BCUT2D eigenvalue weighted by Crippen LogP contribution is 2.25. The van der Waals surface area contributed by atoms with Crippen LogP contribution in [-0.4, -0.2) is 12.9 Å². The molecule has 0 amide bonds. The fraction of sp³-hybridized carbons (Fsp3) is 0.182. The first kappa shape index (κ1) is 11.0. The monoisotopic (exact) mass is 254 g/mol. The minimum atomic E-state index is 0.0388. The van der Waals surface area contributed by atoms with Crippen molar-refractivity contribution >= 4 is 27.8 Å².